The number of carbonyl (C=O) groups is 1. The second-order valence-corrected chi connectivity index (χ2v) is 5.17. The lowest BCUT2D eigenvalue weighted by molar-refractivity contribution is -0.122. The molecular formula is C14H20FN3O2. The average molecular weight is 281 g/mol. The van der Waals surface area contributed by atoms with E-state index in [-0.39, 0.29) is 23.8 Å². The van der Waals surface area contributed by atoms with E-state index >= 15 is 0 Å². The predicted molar refractivity (Wildman–Crippen MR) is 76.4 cm³/mol. The third-order valence-corrected chi connectivity index (χ3v) is 3.25. The van der Waals surface area contributed by atoms with Crippen molar-refractivity contribution >= 4 is 17.3 Å². The number of hydrogen-bond acceptors (Lipinski definition) is 4. The van der Waals surface area contributed by atoms with Gasteiger partial charge in [0.1, 0.15) is 6.04 Å². The van der Waals surface area contributed by atoms with Crippen molar-refractivity contribution in [1.29, 1.82) is 0 Å². The maximum absolute atomic E-state index is 13.8. The Bertz CT molecular complexity index is 519. The van der Waals surface area contributed by atoms with Crippen LogP contribution >= 0.6 is 0 Å². The van der Waals surface area contributed by atoms with Crippen LogP contribution < -0.4 is 20.7 Å². The minimum absolute atomic E-state index is 0.0636. The van der Waals surface area contributed by atoms with Gasteiger partial charge in [-0.15, -0.1) is 0 Å². The normalized spacial score (nSPS) is 19.1. The van der Waals surface area contributed by atoms with E-state index in [0.717, 1.165) is 0 Å². The van der Waals surface area contributed by atoms with Crippen molar-refractivity contribution in [2.24, 2.45) is 0 Å². The second kappa shape index (κ2) is 5.56. The van der Waals surface area contributed by atoms with Crippen LogP contribution in [0.3, 0.4) is 0 Å². The summed E-state index contributed by atoms with van der Waals surface area (Å²) < 4.78 is 19.3. The van der Waals surface area contributed by atoms with Gasteiger partial charge in [0.25, 0.3) is 0 Å². The molecule has 0 spiro atoms. The zero-order valence-corrected chi connectivity index (χ0v) is 11.9. The van der Waals surface area contributed by atoms with Gasteiger partial charge in [-0.3, -0.25) is 4.79 Å². The fourth-order valence-electron chi connectivity index (χ4n) is 2.26. The third kappa shape index (κ3) is 2.79. The molecule has 1 atom stereocenters. The van der Waals surface area contributed by atoms with E-state index in [1.54, 1.807) is 13.0 Å². The summed E-state index contributed by atoms with van der Waals surface area (Å²) in [5.41, 5.74) is 6.83. The summed E-state index contributed by atoms with van der Waals surface area (Å²) in [6.45, 7) is 6.61. The number of hydrogen-bond donors (Lipinski definition) is 2. The molecule has 1 aliphatic heterocycles. The topological polar surface area (TPSA) is 67.6 Å². The summed E-state index contributed by atoms with van der Waals surface area (Å²) in [6.07, 6.45) is -0.136. The molecular weight excluding hydrogens is 261 g/mol. The van der Waals surface area contributed by atoms with Gasteiger partial charge in [-0.2, -0.15) is 0 Å². The number of carbonyl (C=O) groups excluding carboxylic acids is 1. The maximum Gasteiger partial charge on any atom is 0.242 e. The van der Waals surface area contributed by atoms with Crippen LogP contribution in [-0.2, 0) is 4.79 Å². The van der Waals surface area contributed by atoms with Gasteiger partial charge in [0, 0.05) is 25.2 Å². The monoisotopic (exact) mass is 281 g/mol. The summed E-state index contributed by atoms with van der Waals surface area (Å²) in [4.78, 5) is 13.6. The van der Waals surface area contributed by atoms with Gasteiger partial charge in [-0.05, 0) is 20.8 Å². The molecule has 0 aliphatic carbocycles. The number of piperazine rings is 1. The Labute approximate surface area is 117 Å². The summed E-state index contributed by atoms with van der Waals surface area (Å²) >= 11 is 0. The zero-order chi connectivity index (χ0) is 14.9. The highest BCUT2D eigenvalue weighted by atomic mass is 19.1. The number of nitrogens with two attached hydrogens (primary N) is 1. The van der Waals surface area contributed by atoms with Crippen LogP contribution in [0.2, 0.25) is 0 Å². The van der Waals surface area contributed by atoms with Gasteiger partial charge in [-0.25, -0.2) is 4.39 Å². The largest absolute Gasteiger partial charge is 0.488 e. The number of amides is 1. The van der Waals surface area contributed by atoms with Crippen molar-refractivity contribution in [3.8, 4) is 5.75 Å². The SMILES string of the molecule is CC(C)Oc1cc(N2CCNC(=O)C2C)c(N)cc1F. The summed E-state index contributed by atoms with van der Waals surface area (Å²) in [7, 11) is 0. The molecule has 1 aromatic carbocycles. The minimum atomic E-state index is -0.492. The molecule has 0 saturated carbocycles. The number of nitrogen functional groups attached to an aromatic ring is 1. The molecule has 5 nitrogen and oxygen atoms in total. The van der Waals surface area contributed by atoms with Gasteiger partial charge in [0.15, 0.2) is 11.6 Å². The lowest BCUT2D eigenvalue weighted by atomic mass is 10.1. The molecule has 1 amide bonds. The second-order valence-electron chi connectivity index (χ2n) is 5.17. The van der Waals surface area contributed by atoms with Gasteiger partial charge in [0.2, 0.25) is 5.91 Å². The van der Waals surface area contributed by atoms with E-state index in [4.69, 9.17) is 10.5 Å². The fourth-order valence-corrected chi connectivity index (χ4v) is 2.26. The van der Waals surface area contributed by atoms with Crippen molar-refractivity contribution in [1.82, 2.24) is 5.32 Å². The first-order valence-electron chi connectivity index (χ1n) is 6.70. The Kier molecular flexibility index (Phi) is 4.01. The molecule has 20 heavy (non-hydrogen) atoms. The van der Waals surface area contributed by atoms with Crippen LogP contribution in [0.4, 0.5) is 15.8 Å². The van der Waals surface area contributed by atoms with E-state index < -0.39 is 5.82 Å². The van der Waals surface area contributed by atoms with E-state index in [9.17, 15) is 9.18 Å². The van der Waals surface area contributed by atoms with Crippen LogP contribution in [0.5, 0.6) is 5.75 Å². The Morgan fingerprint density at radius 3 is 2.85 bits per heavy atom. The Hall–Kier alpha value is -1.98. The molecule has 0 aromatic heterocycles. The standard InChI is InChI=1S/C14H20FN3O2/c1-8(2)20-13-7-12(11(16)6-10(13)15)18-5-4-17-14(19)9(18)3/h6-9H,4-5,16H2,1-3H3,(H,17,19). The maximum atomic E-state index is 13.8. The number of benzene rings is 1. The number of ether oxygens (including phenoxy) is 1. The van der Waals surface area contributed by atoms with Crippen LogP contribution in [0, 0.1) is 5.82 Å². The highest BCUT2D eigenvalue weighted by Crippen LogP contribution is 2.33. The quantitative estimate of drug-likeness (QED) is 0.824. The smallest absolute Gasteiger partial charge is 0.242 e. The molecule has 1 saturated heterocycles. The fraction of sp³-hybridized carbons (Fsp3) is 0.500. The number of rotatable bonds is 3. The molecule has 1 heterocycles. The molecule has 1 unspecified atom stereocenters. The average Bonchev–Trinajstić information content (AvgIpc) is 2.36. The Balaban J connectivity index is 2.37. The van der Waals surface area contributed by atoms with Crippen LogP contribution in [0.15, 0.2) is 12.1 Å². The highest BCUT2D eigenvalue weighted by Gasteiger charge is 2.27. The summed E-state index contributed by atoms with van der Waals surface area (Å²) in [5.74, 6) is -0.400. The van der Waals surface area contributed by atoms with E-state index in [0.29, 0.717) is 24.5 Å². The molecule has 3 N–H and O–H groups in total. The van der Waals surface area contributed by atoms with Crippen LogP contribution in [0.1, 0.15) is 20.8 Å². The first-order valence-corrected chi connectivity index (χ1v) is 6.70. The van der Waals surface area contributed by atoms with Crippen LogP contribution in [0.25, 0.3) is 0 Å². The van der Waals surface area contributed by atoms with Crippen molar-refractivity contribution in [2.75, 3.05) is 23.7 Å². The molecule has 0 bridgehead atoms. The summed E-state index contributed by atoms with van der Waals surface area (Å²) in [6, 6.07) is 2.47. The van der Waals surface area contributed by atoms with Crippen molar-refractivity contribution in [2.45, 2.75) is 32.9 Å². The number of nitrogens with zero attached hydrogens (tertiary/aromatic N) is 1. The number of anilines is 2. The molecule has 0 radical (unpaired) electrons. The number of halogens is 1. The van der Waals surface area contributed by atoms with Crippen molar-refractivity contribution in [3.63, 3.8) is 0 Å². The van der Waals surface area contributed by atoms with Crippen molar-refractivity contribution in [3.05, 3.63) is 17.9 Å². The molecule has 1 aliphatic rings. The first kappa shape index (κ1) is 14.4. The van der Waals surface area contributed by atoms with Gasteiger partial charge in [-0.1, -0.05) is 0 Å². The van der Waals surface area contributed by atoms with Gasteiger partial charge >= 0.3 is 0 Å². The molecule has 1 fully saturated rings. The van der Waals surface area contributed by atoms with Crippen molar-refractivity contribution < 1.29 is 13.9 Å². The molecule has 110 valence electrons. The third-order valence-electron chi connectivity index (χ3n) is 3.25. The Morgan fingerprint density at radius 1 is 1.50 bits per heavy atom. The molecule has 2 rings (SSSR count). The lowest BCUT2D eigenvalue weighted by Gasteiger charge is -2.35. The zero-order valence-electron chi connectivity index (χ0n) is 11.9. The predicted octanol–water partition coefficient (Wildman–Crippen LogP) is 1.52. The Morgan fingerprint density at radius 2 is 2.20 bits per heavy atom. The van der Waals surface area contributed by atoms with Gasteiger partial charge in [0.05, 0.1) is 17.5 Å². The first-order chi connectivity index (χ1) is 9.40. The molecule has 1 aromatic rings. The van der Waals surface area contributed by atoms with Crippen LogP contribution in [-0.4, -0.2) is 31.1 Å². The summed E-state index contributed by atoms with van der Waals surface area (Å²) in [5, 5.41) is 2.78. The van der Waals surface area contributed by atoms with E-state index in [1.165, 1.54) is 6.07 Å². The minimum Gasteiger partial charge on any atom is -0.488 e. The number of nitrogens with one attached hydrogen (secondary N) is 1. The van der Waals surface area contributed by atoms with Gasteiger partial charge < -0.3 is 20.7 Å². The molecule has 6 heteroatoms. The van der Waals surface area contributed by atoms with E-state index in [2.05, 4.69) is 5.32 Å². The highest BCUT2D eigenvalue weighted by molar-refractivity contribution is 5.87. The lowest BCUT2D eigenvalue weighted by Crippen LogP contribution is -2.54. The van der Waals surface area contributed by atoms with E-state index in [1.807, 2.05) is 18.7 Å².